The van der Waals surface area contributed by atoms with Crippen molar-refractivity contribution in [3.63, 3.8) is 0 Å². The number of ether oxygens (including phenoxy) is 3. The van der Waals surface area contributed by atoms with Crippen molar-refractivity contribution < 1.29 is 19.3 Å². The van der Waals surface area contributed by atoms with Crippen molar-refractivity contribution in [1.82, 2.24) is 0 Å². The molecule has 4 rings (SSSR count). The molecular formula is C25H18Cl4O4. The van der Waals surface area contributed by atoms with Crippen LogP contribution in [0.2, 0.25) is 20.1 Å². The van der Waals surface area contributed by atoms with E-state index in [1.807, 2.05) is 0 Å². The molecule has 0 amide bonds. The third-order valence-corrected chi connectivity index (χ3v) is 5.10. The molecule has 8 heteroatoms. The molecule has 0 unspecified atom stereocenters. The van der Waals surface area contributed by atoms with Gasteiger partial charge in [-0.3, -0.25) is 0 Å². The lowest BCUT2D eigenvalue weighted by Crippen LogP contribution is -1.89. The van der Waals surface area contributed by atoms with E-state index < -0.39 is 0 Å². The first-order valence-corrected chi connectivity index (χ1v) is 11.0. The van der Waals surface area contributed by atoms with E-state index in [2.05, 4.69) is 0 Å². The van der Waals surface area contributed by atoms with Crippen LogP contribution in [0.3, 0.4) is 0 Å². The number of phenols is 1. The molecule has 0 aliphatic carbocycles. The smallest absolute Gasteiger partial charge is 0.169 e. The Morgan fingerprint density at radius 3 is 1.42 bits per heavy atom. The molecule has 4 aromatic rings. The van der Waals surface area contributed by atoms with Crippen molar-refractivity contribution in [2.45, 2.75) is 0 Å². The first-order chi connectivity index (χ1) is 15.8. The molecule has 0 radical (unpaired) electrons. The molecule has 0 spiro atoms. The Bertz CT molecular complexity index is 1200. The van der Waals surface area contributed by atoms with Gasteiger partial charge in [-0.05, 0) is 72.8 Å². The zero-order chi connectivity index (χ0) is 23.8. The van der Waals surface area contributed by atoms with Gasteiger partial charge in [0.1, 0.15) is 11.5 Å². The molecule has 0 aliphatic rings. The van der Waals surface area contributed by atoms with Gasteiger partial charge in [-0.1, -0.05) is 46.4 Å². The Labute approximate surface area is 211 Å². The first-order valence-electron chi connectivity index (χ1n) is 9.53. The third-order valence-electron chi connectivity index (χ3n) is 4.13. The molecule has 0 fully saturated rings. The van der Waals surface area contributed by atoms with E-state index >= 15 is 0 Å². The largest absolute Gasteiger partial charge is 0.504 e. The zero-order valence-electron chi connectivity index (χ0n) is 17.3. The Kier molecular flexibility index (Phi) is 8.98. The normalized spacial score (nSPS) is 10.1. The van der Waals surface area contributed by atoms with Crippen LogP contribution >= 0.6 is 46.4 Å². The van der Waals surface area contributed by atoms with Gasteiger partial charge >= 0.3 is 0 Å². The van der Waals surface area contributed by atoms with Crippen molar-refractivity contribution >= 4 is 46.4 Å². The maximum absolute atomic E-state index is 9.57. The second-order valence-electron chi connectivity index (χ2n) is 6.52. The molecule has 0 aromatic heterocycles. The van der Waals surface area contributed by atoms with E-state index in [9.17, 15) is 5.11 Å². The highest BCUT2D eigenvalue weighted by Crippen LogP contribution is 2.34. The minimum Gasteiger partial charge on any atom is -0.504 e. The van der Waals surface area contributed by atoms with Crippen LogP contribution in [-0.4, -0.2) is 12.2 Å². The molecule has 0 heterocycles. The van der Waals surface area contributed by atoms with Gasteiger partial charge in [0.25, 0.3) is 0 Å². The Balaban J connectivity index is 0.000000186. The number of hydrogen-bond acceptors (Lipinski definition) is 4. The van der Waals surface area contributed by atoms with E-state index in [0.717, 1.165) is 0 Å². The average molecular weight is 524 g/mol. The van der Waals surface area contributed by atoms with Gasteiger partial charge in [-0.2, -0.15) is 0 Å². The van der Waals surface area contributed by atoms with Gasteiger partial charge in [0.15, 0.2) is 23.0 Å². The number of halogens is 4. The molecule has 4 aromatic carbocycles. The average Bonchev–Trinajstić information content (AvgIpc) is 2.80. The monoisotopic (exact) mass is 522 g/mol. The summed E-state index contributed by atoms with van der Waals surface area (Å²) >= 11 is 23.1. The van der Waals surface area contributed by atoms with Crippen molar-refractivity contribution in [3.05, 3.63) is 105 Å². The van der Waals surface area contributed by atoms with Gasteiger partial charge in [0.2, 0.25) is 0 Å². The van der Waals surface area contributed by atoms with Crippen LogP contribution in [0.5, 0.6) is 34.5 Å². The third kappa shape index (κ3) is 7.65. The second kappa shape index (κ2) is 11.9. The number of phenolic OH excluding ortho intramolecular Hbond substituents is 1. The van der Waals surface area contributed by atoms with Gasteiger partial charge in [0.05, 0.1) is 7.11 Å². The lowest BCUT2D eigenvalue weighted by atomic mass is 10.3. The van der Waals surface area contributed by atoms with Gasteiger partial charge in [-0.15, -0.1) is 0 Å². The topological polar surface area (TPSA) is 47.9 Å². The van der Waals surface area contributed by atoms with Gasteiger partial charge < -0.3 is 19.3 Å². The van der Waals surface area contributed by atoms with Crippen LogP contribution in [0, 0.1) is 0 Å². The molecule has 0 saturated heterocycles. The molecule has 33 heavy (non-hydrogen) atoms. The molecule has 0 aliphatic heterocycles. The van der Waals surface area contributed by atoms with E-state index in [0.29, 0.717) is 48.8 Å². The summed E-state index contributed by atoms with van der Waals surface area (Å²) in [4.78, 5) is 0. The van der Waals surface area contributed by atoms with Crippen LogP contribution < -0.4 is 14.2 Å². The Hall–Kier alpha value is -2.76. The SMILES string of the molecule is COc1cc(Cl)ccc1Oc1ccc(Cl)cc1.Oc1cc(Cl)ccc1Oc1ccc(Cl)cc1. The summed E-state index contributed by atoms with van der Waals surface area (Å²) in [7, 11) is 1.57. The second-order valence-corrected chi connectivity index (χ2v) is 8.26. The highest BCUT2D eigenvalue weighted by atomic mass is 35.5. The predicted molar refractivity (Wildman–Crippen MR) is 134 cm³/mol. The summed E-state index contributed by atoms with van der Waals surface area (Å²) in [5, 5.41) is 11.9. The summed E-state index contributed by atoms with van der Waals surface area (Å²) in [6, 6.07) is 23.8. The van der Waals surface area contributed by atoms with E-state index in [1.54, 1.807) is 86.0 Å². The van der Waals surface area contributed by atoms with Crippen molar-refractivity contribution in [2.75, 3.05) is 7.11 Å². The minimum absolute atomic E-state index is 0.00227. The first kappa shape index (κ1) is 24.9. The van der Waals surface area contributed by atoms with Crippen LogP contribution in [0.25, 0.3) is 0 Å². The number of benzene rings is 4. The summed E-state index contributed by atoms with van der Waals surface area (Å²) < 4.78 is 16.3. The van der Waals surface area contributed by atoms with Crippen molar-refractivity contribution in [3.8, 4) is 34.5 Å². The fraction of sp³-hybridized carbons (Fsp3) is 0.0400. The highest BCUT2D eigenvalue weighted by molar-refractivity contribution is 6.31. The predicted octanol–water partition coefficient (Wildman–Crippen LogP) is 9.29. The van der Waals surface area contributed by atoms with Gasteiger partial charge in [-0.25, -0.2) is 0 Å². The van der Waals surface area contributed by atoms with Crippen molar-refractivity contribution in [1.29, 1.82) is 0 Å². The van der Waals surface area contributed by atoms with Crippen molar-refractivity contribution in [2.24, 2.45) is 0 Å². The summed E-state index contributed by atoms with van der Waals surface area (Å²) in [6.07, 6.45) is 0. The van der Waals surface area contributed by atoms with Crippen LogP contribution in [0.15, 0.2) is 84.9 Å². The lowest BCUT2D eigenvalue weighted by Gasteiger charge is -2.10. The lowest BCUT2D eigenvalue weighted by molar-refractivity contribution is 0.379. The molecule has 170 valence electrons. The highest BCUT2D eigenvalue weighted by Gasteiger charge is 2.06. The van der Waals surface area contributed by atoms with Crippen LogP contribution in [-0.2, 0) is 0 Å². The summed E-state index contributed by atoms with van der Waals surface area (Å²) in [6.45, 7) is 0. The van der Waals surface area contributed by atoms with Crippen LogP contribution in [0.1, 0.15) is 0 Å². The number of aromatic hydroxyl groups is 1. The molecular weight excluding hydrogens is 506 g/mol. The molecule has 0 saturated carbocycles. The summed E-state index contributed by atoms with van der Waals surface area (Å²) in [5.74, 6) is 2.85. The van der Waals surface area contributed by atoms with E-state index in [-0.39, 0.29) is 5.75 Å². The Morgan fingerprint density at radius 1 is 0.515 bits per heavy atom. The fourth-order valence-electron chi connectivity index (χ4n) is 2.56. The molecule has 4 nitrogen and oxygen atoms in total. The quantitative estimate of drug-likeness (QED) is 0.283. The summed E-state index contributed by atoms with van der Waals surface area (Å²) in [5.41, 5.74) is 0. The molecule has 0 bridgehead atoms. The van der Waals surface area contributed by atoms with E-state index in [1.165, 1.54) is 6.07 Å². The Morgan fingerprint density at radius 2 is 0.939 bits per heavy atom. The van der Waals surface area contributed by atoms with Gasteiger partial charge in [0, 0.05) is 32.2 Å². The number of methoxy groups -OCH3 is 1. The molecule has 1 N–H and O–H groups in total. The standard InChI is InChI=1S/C13H10Cl2O2.C12H8Cl2O2/c1-16-13-8-10(15)4-7-12(13)17-11-5-2-9(14)3-6-11;13-8-1-4-10(5-2-8)16-12-6-3-9(14)7-11(12)15/h2-8H,1H3;1-7,15H. The van der Waals surface area contributed by atoms with Crippen LogP contribution in [0.4, 0.5) is 0 Å². The van der Waals surface area contributed by atoms with E-state index in [4.69, 9.17) is 60.6 Å². The number of rotatable bonds is 5. The zero-order valence-corrected chi connectivity index (χ0v) is 20.3. The minimum atomic E-state index is 0.00227. The maximum Gasteiger partial charge on any atom is 0.169 e. The molecule has 0 atom stereocenters. The maximum atomic E-state index is 9.57. The number of hydrogen-bond donors (Lipinski definition) is 1. The fourth-order valence-corrected chi connectivity index (χ4v) is 3.14.